The van der Waals surface area contributed by atoms with E-state index in [1.54, 1.807) is 18.2 Å². The Morgan fingerprint density at radius 3 is 2.45 bits per heavy atom. The van der Waals surface area contributed by atoms with Crippen LogP contribution in [0.15, 0.2) is 36.5 Å². The van der Waals surface area contributed by atoms with Crippen LogP contribution in [-0.2, 0) is 11.4 Å². The molecule has 1 atom stereocenters. The van der Waals surface area contributed by atoms with Crippen molar-refractivity contribution in [2.45, 2.75) is 44.8 Å². The first-order chi connectivity index (χ1) is 19.1. The van der Waals surface area contributed by atoms with Crippen LogP contribution in [0.3, 0.4) is 0 Å². The molecule has 216 valence electrons. The van der Waals surface area contributed by atoms with Gasteiger partial charge in [0.2, 0.25) is 0 Å². The number of aliphatic carboxylic acids is 1. The number of fused-ring (bicyclic) bond motifs is 1. The molecule has 2 heterocycles. The summed E-state index contributed by atoms with van der Waals surface area (Å²) in [5.41, 5.74) is 1.16. The molecule has 0 saturated carbocycles. The lowest BCUT2D eigenvalue weighted by Crippen LogP contribution is -2.42. The Balaban J connectivity index is 1.40. The van der Waals surface area contributed by atoms with Crippen molar-refractivity contribution >= 4 is 16.9 Å². The van der Waals surface area contributed by atoms with Crippen LogP contribution in [0.4, 0.5) is 13.2 Å². The minimum atomic E-state index is -1.55. The third-order valence-electron chi connectivity index (χ3n) is 7.73. The number of aliphatic hydroxyl groups is 2. The largest absolute Gasteiger partial charge is 0.497 e. The van der Waals surface area contributed by atoms with E-state index in [9.17, 15) is 33.3 Å². The number of benzene rings is 2. The second kappa shape index (κ2) is 12.8. The van der Waals surface area contributed by atoms with E-state index in [1.807, 2.05) is 0 Å². The average Bonchev–Trinajstić information content (AvgIpc) is 2.94. The zero-order valence-electron chi connectivity index (χ0n) is 22.2. The van der Waals surface area contributed by atoms with Gasteiger partial charge in [-0.2, -0.15) is 0 Å². The van der Waals surface area contributed by atoms with Gasteiger partial charge in [-0.1, -0.05) is 0 Å². The lowest BCUT2D eigenvalue weighted by molar-refractivity contribution is -0.141. The van der Waals surface area contributed by atoms with Crippen molar-refractivity contribution in [2.75, 3.05) is 33.4 Å². The van der Waals surface area contributed by atoms with E-state index in [-0.39, 0.29) is 25.4 Å². The van der Waals surface area contributed by atoms with Gasteiger partial charge < -0.3 is 24.8 Å². The number of nitrogens with zero attached hydrogens (tertiary/aromatic N) is 2. The minimum Gasteiger partial charge on any atom is -0.497 e. The van der Waals surface area contributed by atoms with E-state index in [1.165, 1.54) is 13.3 Å². The van der Waals surface area contributed by atoms with Crippen molar-refractivity contribution < 1.29 is 42.8 Å². The van der Waals surface area contributed by atoms with Crippen LogP contribution < -0.4 is 9.47 Å². The van der Waals surface area contributed by atoms with Crippen LogP contribution in [0.1, 0.15) is 49.3 Å². The fraction of sp³-hybridized carbons (Fsp3) is 0.448. The third kappa shape index (κ3) is 6.83. The van der Waals surface area contributed by atoms with Gasteiger partial charge >= 0.3 is 5.97 Å². The molecule has 1 aliphatic heterocycles. The summed E-state index contributed by atoms with van der Waals surface area (Å²) in [6, 6.07) is 6.90. The Morgan fingerprint density at radius 2 is 1.82 bits per heavy atom. The number of aliphatic hydroxyl groups excluding tert-OH is 2. The lowest BCUT2D eigenvalue weighted by atomic mass is 9.71. The fourth-order valence-corrected chi connectivity index (χ4v) is 5.46. The number of hydrogen-bond donors (Lipinski definition) is 3. The van der Waals surface area contributed by atoms with E-state index >= 15 is 0 Å². The molecule has 0 amide bonds. The van der Waals surface area contributed by atoms with Crippen LogP contribution in [0.2, 0.25) is 0 Å². The summed E-state index contributed by atoms with van der Waals surface area (Å²) in [7, 11) is 1.54. The molecule has 3 aromatic rings. The summed E-state index contributed by atoms with van der Waals surface area (Å²) in [5, 5.41) is 31.5. The summed E-state index contributed by atoms with van der Waals surface area (Å²) in [5.74, 6) is -4.62. The van der Waals surface area contributed by atoms with E-state index in [0.717, 1.165) is 12.1 Å². The summed E-state index contributed by atoms with van der Waals surface area (Å²) < 4.78 is 50.7. The van der Waals surface area contributed by atoms with Gasteiger partial charge in [-0.3, -0.25) is 14.7 Å². The van der Waals surface area contributed by atoms with E-state index in [2.05, 4.69) is 9.88 Å². The molecule has 2 aromatic carbocycles. The van der Waals surface area contributed by atoms with Crippen LogP contribution >= 0.6 is 0 Å². The maximum atomic E-state index is 13.4. The van der Waals surface area contributed by atoms with Crippen LogP contribution in [0, 0.1) is 22.9 Å². The molecule has 0 radical (unpaired) electrons. The van der Waals surface area contributed by atoms with Gasteiger partial charge in [-0.15, -0.1) is 0 Å². The number of carboxylic acids is 1. The second-order valence-electron chi connectivity index (χ2n) is 10.3. The summed E-state index contributed by atoms with van der Waals surface area (Å²) >= 11 is 0. The zero-order valence-corrected chi connectivity index (χ0v) is 22.2. The quantitative estimate of drug-likeness (QED) is 0.275. The molecule has 4 rings (SSSR count). The normalized spacial score (nSPS) is 16.1. The number of carbonyl (C=O) groups is 1. The van der Waals surface area contributed by atoms with Gasteiger partial charge in [-0.05, 0) is 68.0 Å². The van der Waals surface area contributed by atoms with E-state index in [0.29, 0.717) is 73.1 Å². The molecular formula is C29H33F3N2O6. The van der Waals surface area contributed by atoms with Gasteiger partial charge in [0.15, 0.2) is 17.5 Å². The zero-order chi connectivity index (χ0) is 28.9. The van der Waals surface area contributed by atoms with Crippen molar-refractivity contribution in [1.82, 2.24) is 9.88 Å². The van der Waals surface area contributed by atoms with Gasteiger partial charge in [0, 0.05) is 35.8 Å². The molecule has 1 aliphatic rings. The van der Waals surface area contributed by atoms with Crippen molar-refractivity contribution in [3.8, 4) is 11.5 Å². The van der Waals surface area contributed by atoms with E-state index < -0.39 is 34.9 Å². The van der Waals surface area contributed by atoms with Crippen molar-refractivity contribution in [2.24, 2.45) is 5.41 Å². The first kappa shape index (κ1) is 29.6. The lowest BCUT2D eigenvalue weighted by Gasteiger charge is -2.41. The molecule has 3 N–H and O–H groups in total. The van der Waals surface area contributed by atoms with E-state index in [4.69, 9.17) is 9.47 Å². The number of carboxylic acid groups (broad SMARTS) is 1. The van der Waals surface area contributed by atoms with Crippen LogP contribution in [0.5, 0.6) is 11.5 Å². The topological polar surface area (TPSA) is 112 Å². The second-order valence-corrected chi connectivity index (χ2v) is 10.3. The van der Waals surface area contributed by atoms with Gasteiger partial charge in [0.1, 0.15) is 18.1 Å². The van der Waals surface area contributed by atoms with Crippen molar-refractivity contribution in [3.05, 3.63) is 65.1 Å². The molecule has 8 nitrogen and oxygen atoms in total. The monoisotopic (exact) mass is 562 g/mol. The summed E-state index contributed by atoms with van der Waals surface area (Å²) in [4.78, 5) is 18.2. The van der Waals surface area contributed by atoms with Crippen LogP contribution in [-0.4, -0.2) is 64.5 Å². The Hall–Kier alpha value is -3.41. The molecule has 1 fully saturated rings. The first-order valence-electron chi connectivity index (χ1n) is 13.1. The Bertz CT molecular complexity index is 1320. The van der Waals surface area contributed by atoms with Gasteiger partial charge in [-0.25, -0.2) is 13.2 Å². The number of halogens is 3. The maximum Gasteiger partial charge on any atom is 0.303 e. The minimum absolute atomic E-state index is 0.0457. The van der Waals surface area contributed by atoms with Gasteiger partial charge in [0.05, 0.1) is 31.8 Å². The molecule has 1 aromatic heterocycles. The maximum absolute atomic E-state index is 13.4. The Kier molecular flexibility index (Phi) is 9.49. The number of likely N-dealkylation sites (tertiary alicyclic amines) is 1. The standard InChI is InChI=1S/C29H33F3N2O6/c1-39-19-2-3-24-21(12-19)27(18(17-35)16-33-24)25(36)4-5-29(15-26(37)38)6-8-34(9-7-29)10-11-40-20-13-22(30)28(32)23(31)14-20/h2-3,12-14,16,25,35-36H,4-11,15,17H2,1H3,(H,37,38). The predicted octanol–water partition coefficient (Wildman–Crippen LogP) is 4.60. The molecule has 40 heavy (non-hydrogen) atoms. The Morgan fingerprint density at radius 1 is 1.12 bits per heavy atom. The molecule has 11 heteroatoms. The molecule has 0 spiro atoms. The third-order valence-corrected chi connectivity index (χ3v) is 7.73. The number of pyridine rings is 1. The number of piperidine rings is 1. The summed E-state index contributed by atoms with van der Waals surface area (Å²) in [6.45, 7) is 1.42. The average molecular weight is 563 g/mol. The number of rotatable bonds is 12. The molecule has 0 bridgehead atoms. The Labute approximate surface area is 230 Å². The highest BCUT2D eigenvalue weighted by molar-refractivity contribution is 5.85. The highest BCUT2D eigenvalue weighted by Crippen LogP contribution is 2.42. The smallest absolute Gasteiger partial charge is 0.303 e. The molecule has 1 unspecified atom stereocenters. The summed E-state index contributed by atoms with van der Waals surface area (Å²) in [6.07, 6.45) is 2.44. The first-order valence-corrected chi connectivity index (χ1v) is 13.1. The number of hydrogen-bond acceptors (Lipinski definition) is 7. The van der Waals surface area contributed by atoms with Crippen molar-refractivity contribution in [1.29, 1.82) is 0 Å². The number of aromatic nitrogens is 1. The molecule has 0 aliphatic carbocycles. The number of ether oxygens (including phenoxy) is 2. The number of methoxy groups -OCH3 is 1. The molecular weight excluding hydrogens is 529 g/mol. The molecule has 1 saturated heterocycles. The highest BCUT2D eigenvalue weighted by Gasteiger charge is 2.37. The highest BCUT2D eigenvalue weighted by atomic mass is 19.2. The fourth-order valence-electron chi connectivity index (χ4n) is 5.46. The van der Waals surface area contributed by atoms with Gasteiger partial charge in [0.25, 0.3) is 0 Å². The predicted molar refractivity (Wildman–Crippen MR) is 141 cm³/mol. The SMILES string of the molecule is COc1ccc2ncc(CO)c(C(O)CCC3(CC(=O)O)CCN(CCOc4cc(F)c(F)c(F)c4)CC3)c2c1. The van der Waals surface area contributed by atoms with Crippen LogP contribution in [0.25, 0.3) is 10.9 Å². The van der Waals surface area contributed by atoms with Crippen molar-refractivity contribution in [3.63, 3.8) is 0 Å².